The van der Waals surface area contributed by atoms with Gasteiger partial charge in [0, 0.05) is 31.0 Å². The second-order valence-corrected chi connectivity index (χ2v) is 7.56. The molecule has 1 aliphatic heterocycles. The third kappa shape index (κ3) is 4.36. The molecular formula is C16H26N2O5. The minimum absolute atomic E-state index is 0.0183. The van der Waals surface area contributed by atoms with Crippen molar-refractivity contribution in [2.75, 3.05) is 26.7 Å². The summed E-state index contributed by atoms with van der Waals surface area (Å²) in [5, 5.41) is 2.76. The molecule has 7 nitrogen and oxygen atoms in total. The van der Waals surface area contributed by atoms with E-state index in [1.807, 2.05) is 20.8 Å². The quantitative estimate of drug-likeness (QED) is 0.788. The fourth-order valence-corrected chi connectivity index (χ4v) is 3.18. The lowest BCUT2D eigenvalue weighted by molar-refractivity contribution is -0.143. The third-order valence-electron chi connectivity index (χ3n) is 4.29. The molecule has 2 fully saturated rings. The maximum absolute atomic E-state index is 12.0. The van der Waals surface area contributed by atoms with E-state index in [9.17, 15) is 14.4 Å². The monoisotopic (exact) mass is 326 g/mol. The first kappa shape index (κ1) is 17.6. The van der Waals surface area contributed by atoms with Crippen molar-refractivity contribution in [3.05, 3.63) is 0 Å². The Balaban J connectivity index is 1.65. The maximum atomic E-state index is 12.0. The molecule has 1 heterocycles. The molecule has 2 rings (SSSR count). The molecule has 0 aromatic rings. The lowest BCUT2D eigenvalue weighted by atomic mass is 9.57. The van der Waals surface area contributed by atoms with Crippen molar-refractivity contribution in [2.45, 2.75) is 45.6 Å². The van der Waals surface area contributed by atoms with E-state index in [-0.39, 0.29) is 35.7 Å². The second-order valence-electron chi connectivity index (χ2n) is 7.56. The molecule has 0 atom stereocenters. The number of ether oxygens (including phenoxy) is 2. The molecule has 2 amide bonds. The Morgan fingerprint density at radius 3 is 2.35 bits per heavy atom. The molecule has 0 unspecified atom stereocenters. The van der Waals surface area contributed by atoms with Crippen molar-refractivity contribution in [1.82, 2.24) is 10.2 Å². The lowest BCUT2D eigenvalue weighted by Crippen LogP contribution is -2.65. The van der Waals surface area contributed by atoms with Crippen LogP contribution in [0, 0.1) is 11.3 Å². The van der Waals surface area contributed by atoms with Gasteiger partial charge in [-0.25, -0.2) is 4.79 Å². The summed E-state index contributed by atoms with van der Waals surface area (Å²) >= 11 is 0. The predicted molar refractivity (Wildman–Crippen MR) is 82.6 cm³/mol. The Morgan fingerprint density at radius 1 is 1.22 bits per heavy atom. The van der Waals surface area contributed by atoms with Gasteiger partial charge in [0.05, 0.1) is 13.5 Å². The van der Waals surface area contributed by atoms with E-state index in [1.165, 1.54) is 7.11 Å². The lowest BCUT2D eigenvalue weighted by Gasteiger charge is -2.58. The highest BCUT2D eigenvalue weighted by atomic mass is 16.6. The van der Waals surface area contributed by atoms with Crippen LogP contribution >= 0.6 is 0 Å². The van der Waals surface area contributed by atoms with Gasteiger partial charge < -0.3 is 19.7 Å². The number of esters is 1. The summed E-state index contributed by atoms with van der Waals surface area (Å²) in [5.41, 5.74) is -0.400. The van der Waals surface area contributed by atoms with E-state index in [0.717, 1.165) is 12.8 Å². The van der Waals surface area contributed by atoms with Gasteiger partial charge in [-0.05, 0) is 33.6 Å². The minimum atomic E-state index is -0.485. The van der Waals surface area contributed by atoms with Crippen LogP contribution in [0.5, 0.6) is 0 Å². The Hall–Kier alpha value is -1.79. The first-order valence-corrected chi connectivity index (χ1v) is 7.97. The summed E-state index contributed by atoms with van der Waals surface area (Å²) in [7, 11) is 1.33. The van der Waals surface area contributed by atoms with Crippen LogP contribution in [0.4, 0.5) is 4.79 Å². The average molecular weight is 326 g/mol. The van der Waals surface area contributed by atoms with Crippen molar-refractivity contribution in [2.24, 2.45) is 11.3 Å². The minimum Gasteiger partial charge on any atom is -0.469 e. The molecule has 23 heavy (non-hydrogen) atoms. The van der Waals surface area contributed by atoms with Crippen molar-refractivity contribution in [3.8, 4) is 0 Å². The number of carbonyl (C=O) groups excluding carboxylic acids is 3. The van der Waals surface area contributed by atoms with E-state index in [2.05, 4.69) is 10.1 Å². The summed E-state index contributed by atoms with van der Waals surface area (Å²) in [6, 6.07) is 0. The van der Waals surface area contributed by atoms with E-state index in [4.69, 9.17) is 4.74 Å². The van der Waals surface area contributed by atoms with E-state index in [0.29, 0.717) is 19.6 Å². The molecule has 130 valence electrons. The van der Waals surface area contributed by atoms with Gasteiger partial charge in [-0.1, -0.05) is 0 Å². The summed E-state index contributed by atoms with van der Waals surface area (Å²) in [6.45, 7) is 7.16. The fraction of sp³-hybridized carbons (Fsp3) is 0.812. The zero-order valence-electron chi connectivity index (χ0n) is 14.3. The van der Waals surface area contributed by atoms with Gasteiger partial charge in [0.25, 0.3) is 0 Å². The summed E-state index contributed by atoms with van der Waals surface area (Å²) in [5.74, 6) is -0.369. The second kappa shape index (κ2) is 6.37. The molecule has 2 aliphatic rings. The van der Waals surface area contributed by atoms with E-state index < -0.39 is 5.60 Å². The first-order chi connectivity index (χ1) is 10.6. The predicted octanol–water partition coefficient (Wildman–Crippen LogP) is 1.31. The molecule has 0 aromatic heterocycles. The fourth-order valence-electron chi connectivity index (χ4n) is 3.18. The molecule has 0 bridgehead atoms. The van der Waals surface area contributed by atoms with Gasteiger partial charge in [0.2, 0.25) is 5.91 Å². The topological polar surface area (TPSA) is 84.9 Å². The van der Waals surface area contributed by atoms with Gasteiger partial charge in [-0.15, -0.1) is 0 Å². The molecule has 1 aliphatic carbocycles. The Labute approximate surface area is 136 Å². The molecule has 0 aromatic carbocycles. The van der Waals surface area contributed by atoms with Crippen LogP contribution in [0.25, 0.3) is 0 Å². The van der Waals surface area contributed by atoms with Crippen molar-refractivity contribution < 1.29 is 23.9 Å². The van der Waals surface area contributed by atoms with Crippen LogP contribution in [0.15, 0.2) is 0 Å². The van der Waals surface area contributed by atoms with Crippen LogP contribution in [0.2, 0.25) is 0 Å². The number of rotatable bonds is 4. The SMILES string of the molecule is COC(=O)CCNC(=O)C1CC2(C1)CN(C(=O)OC(C)(C)C)C2. The van der Waals surface area contributed by atoms with Crippen molar-refractivity contribution in [3.63, 3.8) is 0 Å². The number of likely N-dealkylation sites (tertiary alicyclic amines) is 1. The Kier molecular flexibility index (Phi) is 4.87. The van der Waals surface area contributed by atoms with Gasteiger partial charge in [-0.3, -0.25) is 9.59 Å². The molecule has 1 N–H and O–H groups in total. The number of nitrogens with one attached hydrogen (secondary N) is 1. The zero-order valence-corrected chi connectivity index (χ0v) is 14.3. The van der Waals surface area contributed by atoms with Crippen LogP contribution in [0.1, 0.15) is 40.0 Å². The Morgan fingerprint density at radius 2 is 1.83 bits per heavy atom. The highest BCUT2D eigenvalue weighted by Crippen LogP contribution is 2.52. The first-order valence-electron chi connectivity index (χ1n) is 7.97. The van der Waals surface area contributed by atoms with Crippen molar-refractivity contribution in [1.29, 1.82) is 0 Å². The van der Waals surface area contributed by atoms with Crippen LogP contribution in [-0.2, 0) is 19.1 Å². The number of carbonyl (C=O) groups is 3. The zero-order chi connectivity index (χ0) is 17.3. The van der Waals surface area contributed by atoms with Gasteiger partial charge in [0.1, 0.15) is 5.60 Å². The van der Waals surface area contributed by atoms with E-state index >= 15 is 0 Å². The van der Waals surface area contributed by atoms with Gasteiger partial charge >= 0.3 is 12.1 Å². The maximum Gasteiger partial charge on any atom is 0.410 e. The molecule has 1 spiro atoms. The van der Waals surface area contributed by atoms with E-state index in [1.54, 1.807) is 4.90 Å². The number of nitrogens with zero attached hydrogens (tertiary/aromatic N) is 1. The number of amides is 2. The van der Waals surface area contributed by atoms with Gasteiger partial charge in [0.15, 0.2) is 0 Å². The van der Waals surface area contributed by atoms with Gasteiger partial charge in [-0.2, -0.15) is 0 Å². The standard InChI is InChI=1S/C16H26N2O5/c1-15(2,3)23-14(21)18-9-16(10-18)7-11(8-16)13(20)17-6-5-12(19)22-4/h11H,5-10H2,1-4H3,(H,17,20). The normalized spacial score (nSPS) is 19.6. The molecule has 1 saturated heterocycles. The smallest absolute Gasteiger partial charge is 0.410 e. The van der Waals surface area contributed by atoms with Crippen LogP contribution < -0.4 is 5.32 Å². The summed E-state index contributed by atoms with van der Waals surface area (Å²) in [6.07, 6.45) is 1.48. The Bertz CT molecular complexity index is 483. The highest BCUT2D eigenvalue weighted by molar-refractivity contribution is 5.81. The molecule has 7 heteroatoms. The van der Waals surface area contributed by atoms with Crippen LogP contribution in [-0.4, -0.2) is 55.2 Å². The number of hydrogen-bond donors (Lipinski definition) is 1. The molecular weight excluding hydrogens is 300 g/mol. The third-order valence-corrected chi connectivity index (χ3v) is 4.29. The average Bonchev–Trinajstić information content (AvgIpc) is 2.32. The largest absolute Gasteiger partial charge is 0.469 e. The highest BCUT2D eigenvalue weighted by Gasteiger charge is 2.56. The number of methoxy groups -OCH3 is 1. The van der Waals surface area contributed by atoms with Crippen molar-refractivity contribution >= 4 is 18.0 Å². The van der Waals surface area contributed by atoms with Crippen LogP contribution in [0.3, 0.4) is 0 Å². The number of hydrogen-bond acceptors (Lipinski definition) is 5. The summed E-state index contributed by atoms with van der Waals surface area (Å²) in [4.78, 5) is 36.5. The molecule has 0 radical (unpaired) electrons. The molecule has 1 saturated carbocycles. The summed E-state index contributed by atoms with van der Waals surface area (Å²) < 4.78 is 9.85.